The fraction of sp³-hybridized carbons (Fsp3) is 0.222. The first-order chi connectivity index (χ1) is 6.13. The molecular formula is C9H9FO3. The van der Waals surface area contributed by atoms with Crippen LogP contribution in [0.4, 0.5) is 4.53 Å². The van der Waals surface area contributed by atoms with Crippen molar-refractivity contribution in [2.24, 2.45) is 0 Å². The summed E-state index contributed by atoms with van der Waals surface area (Å²) in [7, 11) is 0. The maximum Gasteiger partial charge on any atom is 0.353 e. The number of rotatable bonds is 2. The van der Waals surface area contributed by atoms with E-state index >= 15 is 0 Å². The van der Waals surface area contributed by atoms with Gasteiger partial charge in [0.2, 0.25) is 0 Å². The number of halogens is 1. The summed E-state index contributed by atoms with van der Waals surface area (Å²) in [6.07, 6.45) is -0.261. The third-order valence-electron chi connectivity index (χ3n) is 1.66. The topological polar surface area (TPSA) is 46.5 Å². The van der Waals surface area contributed by atoms with E-state index in [1.807, 2.05) is 0 Å². The number of carbonyl (C=O) groups is 1. The fourth-order valence-electron chi connectivity index (χ4n) is 1.01. The van der Waals surface area contributed by atoms with E-state index in [2.05, 4.69) is 4.94 Å². The van der Waals surface area contributed by atoms with Gasteiger partial charge in [0.05, 0.1) is 6.42 Å². The molecule has 0 amide bonds. The lowest BCUT2D eigenvalue weighted by molar-refractivity contribution is -0.182. The van der Waals surface area contributed by atoms with Crippen molar-refractivity contribution in [3.05, 3.63) is 29.3 Å². The third kappa shape index (κ3) is 2.43. The van der Waals surface area contributed by atoms with Gasteiger partial charge in [-0.05, 0) is 18.6 Å². The monoisotopic (exact) mass is 184 g/mol. The van der Waals surface area contributed by atoms with Crippen LogP contribution in [0.1, 0.15) is 11.1 Å². The average Bonchev–Trinajstić information content (AvgIpc) is 2.09. The first kappa shape index (κ1) is 9.51. The smallest absolute Gasteiger partial charge is 0.353 e. The number of aromatic hydroxyl groups is 1. The molecule has 3 nitrogen and oxygen atoms in total. The highest BCUT2D eigenvalue weighted by Gasteiger charge is 2.08. The molecule has 1 aromatic rings. The highest BCUT2D eigenvalue weighted by molar-refractivity contribution is 5.72. The maximum absolute atomic E-state index is 11.4. The van der Waals surface area contributed by atoms with Crippen molar-refractivity contribution in [1.82, 2.24) is 0 Å². The van der Waals surface area contributed by atoms with Crippen LogP contribution in [0.5, 0.6) is 5.75 Å². The molecule has 4 heteroatoms. The van der Waals surface area contributed by atoms with Crippen molar-refractivity contribution in [3.8, 4) is 5.75 Å². The molecule has 1 aromatic carbocycles. The van der Waals surface area contributed by atoms with Gasteiger partial charge in [0.1, 0.15) is 5.75 Å². The Morgan fingerprint density at radius 3 is 2.85 bits per heavy atom. The molecule has 0 aliphatic heterocycles. The van der Waals surface area contributed by atoms with Gasteiger partial charge in [0, 0.05) is 10.1 Å². The SMILES string of the molecule is Cc1ccc(CC(=O)OF)c(O)c1. The molecule has 0 spiro atoms. The van der Waals surface area contributed by atoms with Crippen LogP contribution >= 0.6 is 0 Å². The van der Waals surface area contributed by atoms with Gasteiger partial charge >= 0.3 is 5.97 Å². The quantitative estimate of drug-likeness (QED) is 0.760. The van der Waals surface area contributed by atoms with Gasteiger partial charge in [-0.25, -0.2) is 4.79 Å². The summed E-state index contributed by atoms with van der Waals surface area (Å²) in [6, 6.07) is 4.78. The molecule has 0 aliphatic carbocycles. The van der Waals surface area contributed by atoms with Gasteiger partial charge in [-0.15, -0.1) is 0 Å². The Balaban J connectivity index is 2.83. The molecule has 0 radical (unpaired) electrons. The molecule has 0 aliphatic rings. The molecule has 0 aromatic heterocycles. The molecule has 1 rings (SSSR count). The predicted molar refractivity (Wildman–Crippen MR) is 43.7 cm³/mol. The van der Waals surface area contributed by atoms with Crippen LogP contribution < -0.4 is 0 Å². The van der Waals surface area contributed by atoms with Gasteiger partial charge in [-0.2, -0.15) is 0 Å². The Morgan fingerprint density at radius 1 is 1.62 bits per heavy atom. The number of carbonyl (C=O) groups excluding carboxylic acids is 1. The summed E-state index contributed by atoms with van der Waals surface area (Å²) in [5.41, 5.74) is 1.23. The minimum absolute atomic E-state index is 0.0228. The fourth-order valence-corrected chi connectivity index (χ4v) is 1.01. The number of hydrogen-bond donors (Lipinski definition) is 1. The van der Waals surface area contributed by atoms with Gasteiger partial charge in [0.15, 0.2) is 0 Å². The number of benzene rings is 1. The number of phenolic OH excluding ortho intramolecular Hbond substituents is 1. The second-order valence-electron chi connectivity index (χ2n) is 2.76. The molecule has 0 fully saturated rings. The van der Waals surface area contributed by atoms with Gasteiger partial charge in [0.25, 0.3) is 0 Å². The Bertz CT molecular complexity index is 323. The highest BCUT2D eigenvalue weighted by atomic mass is 19.3. The van der Waals surface area contributed by atoms with Crippen LogP contribution in [-0.2, 0) is 16.2 Å². The lowest BCUT2D eigenvalue weighted by Crippen LogP contribution is -2.02. The molecule has 0 bridgehead atoms. The van der Waals surface area contributed by atoms with Gasteiger partial charge < -0.3 is 5.11 Å². The highest BCUT2D eigenvalue weighted by Crippen LogP contribution is 2.19. The van der Waals surface area contributed by atoms with E-state index in [1.54, 1.807) is 19.1 Å². The predicted octanol–water partition coefficient (Wildman–Crippen LogP) is 1.67. The summed E-state index contributed by atoms with van der Waals surface area (Å²) >= 11 is 0. The van der Waals surface area contributed by atoms with Crippen molar-refractivity contribution < 1.29 is 19.4 Å². The average molecular weight is 184 g/mol. The second-order valence-corrected chi connectivity index (χ2v) is 2.76. The minimum atomic E-state index is -1.01. The molecule has 0 saturated carbocycles. The summed E-state index contributed by atoms with van der Waals surface area (Å²) < 4.78 is 11.4. The summed E-state index contributed by atoms with van der Waals surface area (Å²) in [5.74, 6) is -1.04. The van der Waals surface area contributed by atoms with E-state index in [0.717, 1.165) is 5.56 Å². The van der Waals surface area contributed by atoms with Crippen LogP contribution in [0.25, 0.3) is 0 Å². The largest absolute Gasteiger partial charge is 0.508 e. The van der Waals surface area contributed by atoms with E-state index in [0.29, 0.717) is 5.56 Å². The lowest BCUT2D eigenvalue weighted by Gasteiger charge is -2.02. The molecule has 70 valence electrons. The molecule has 1 N–H and O–H groups in total. The first-order valence-corrected chi connectivity index (χ1v) is 3.73. The van der Waals surface area contributed by atoms with Crippen LogP contribution in [0.15, 0.2) is 18.2 Å². The van der Waals surface area contributed by atoms with Crippen LogP contribution in [-0.4, -0.2) is 11.1 Å². The van der Waals surface area contributed by atoms with E-state index in [1.165, 1.54) is 6.07 Å². The molecule has 0 heterocycles. The summed E-state index contributed by atoms with van der Waals surface area (Å²) in [5, 5.41) is 9.31. The minimum Gasteiger partial charge on any atom is -0.508 e. The Kier molecular flexibility index (Phi) is 2.84. The molecule has 0 atom stereocenters. The summed E-state index contributed by atoms with van der Waals surface area (Å²) in [6.45, 7) is 1.80. The van der Waals surface area contributed by atoms with Crippen LogP contribution in [0.3, 0.4) is 0 Å². The molecule has 13 heavy (non-hydrogen) atoms. The summed E-state index contributed by atoms with van der Waals surface area (Å²) in [4.78, 5) is 13.5. The van der Waals surface area contributed by atoms with E-state index in [4.69, 9.17) is 0 Å². The Morgan fingerprint density at radius 2 is 2.31 bits per heavy atom. The van der Waals surface area contributed by atoms with Crippen molar-refractivity contribution >= 4 is 5.97 Å². The normalized spacial score (nSPS) is 9.69. The van der Waals surface area contributed by atoms with Gasteiger partial charge in [-0.3, -0.25) is 4.94 Å². The van der Waals surface area contributed by atoms with Crippen molar-refractivity contribution in [3.63, 3.8) is 0 Å². The van der Waals surface area contributed by atoms with Crippen molar-refractivity contribution in [2.75, 3.05) is 0 Å². The van der Waals surface area contributed by atoms with Gasteiger partial charge in [-0.1, -0.05) is 12.1 Å². The second kappa shape index (κ2) is 3.89. The van der Waals surface area contributed by atoms with E-state index in [9.17, 15) is 14.4 Å². The van der Waals surface area contributed by atoms with E-state index in [-0.39, 0.29) is 12.2 Å². The van der Waals surface area contributed by atoms with Crippen molar-refractivity contribution in [2.45, 2.75) is 13.3 Å². The molecule has 0 unspecified atom stereocenters. The van der Waals surface area contributed by atoms with Crippen LogP contribution in [0, 0.1) is 6.92 Å². The Hall–Kier alpha value is -1.58. The Labute approximate surface area is 74.7 Å². The molecular weight excluding hydrogens is 175 g/mol. The zero-order valence-corrected chi connectivity index (χ0v) is 7.08. The standard InChI is InChI=1S/C9H9FO3/c1-6-2-3-7(8(11)4-6)5-9(12)13-10/h2-4,11H,5H2,1H3. The van der Waals surface area contributed by atoms with Crippen LogP contribution in [0.2, 0.25) is 0 Å². The lowest BCUT2D eigenvalue weighted by atomic mass is 10.1. The zero-order chi connectivity index (χ0) is 9.84. The maximum atomic E-state index is 11.4. The van der Waals surface area contributed by atoms with Crippen molar-refractivity contribution in [1.29, 1.82) is 0 Å². The third-order valence-corrected chi connectivity index (χ3v) is 1.66. The number of hydrogen-bond acceptors (Lipinski definition) is 3. The zero-order valence-electron chi connectivity index (χ0n) is 7.08. The number of aryl methyl sites for hydroxylation is 1. The number of phenols is 1. The van der Waals surface area contributed by atoms with E-state index < -0.39 is 5.97 Å². The first-order valence-electron chi connectivity index (χ1n) is 3.73. The molecule has 0 saturated heterocycles.